The number of carbonyl (C=O) groups is 1. The molecule has 0 radical (unpaired) electrons. The number of rotatable bonds is 5. The highest BCUT2D eigenvalue weighted by molar-refractivity contribution is 7.80. The van der Waals surface area contributed by atoms with Gasteiger partial charge in [-0.05, 0) is 11.8 Å². The number of hydrogen-bond acceptors (Lipinski definition) is 6. The van der Waals surface area contributed by atoms with E-state index in [2.05, 4.69) is 33.1 Å². The van der Waals surface area contributed by atoms with Gasteiger partial charge in [0, 0.05) is 12.6 Å². The predicted molar refractivity (Wildman–Crippen MR) is 73.4 cm³/mol. The van der Waals surface area contributed by atoms with E-state index in [-0.39, 0.29) is 12.5 Å². The third kappa shape index (κ3) is 3.71. The fraction of sp³-hybridized carbons (Fsp3) is 0.273. The molecule has 2 aromatic heterocycles. The highest BCUT2D eigenvalue weighted by atomic mass is 32.1. The van der Waals surface area contributed by atoms with E-state index in [1.54, 1.807) is 6.07 Å². The maximum atomic E-state index is 13.5. The van der Waals surface area contributed by atoms with Crippen molar-refractivity contribution in [2.75, 3.05) is 5.75 Å². The zero-order chi connectivity index (χ0) is 13.7. The molecular formula is C11H11FN4OS2. The molecule has 0 fully saturated rings. The minimum absolute atomic E-state index is 0.0955. The standard InChI is InChI=1S/C11H11FN4OS2/c12-8-5-13-3-1-7(8)11-16-15-10(19-11)6-14-9(17)2-4-18/h1,3,5,18H,2,4,6H2,(H,14,17). The Bertz CT molecular complexity index is 575. The summed E-state index contributed by atoms with van der Waals surface area (Å²) in [5, 5.41) is 11.6. The number of carbonyl (C=O) groups excluding carboxylic acids is 1. The van der Waals surface area contributed by atoms with Crippen molar-refractivity contribution in [1.82, 2.24) is 20.5 Å². The van der Waals surface area contributed by atoms with Crippen LogP contribution in [0.2, 0.25) is 0 Å². The summed E-state index contributed by atoms with van der Waals surface area (Å²) in [6.45, 7) is 0.289. The molecule has 0 aliphatic heterocycles. The zero-order valence-electron chi connectivity index (χ0n) is 9.84. The van der Waals surface area contributed by atoms with Crippen LogP contribution in [0.1, 0.15) is 11.4 Å². The fourth-order valence-electron chi connectivity index (χ4n) is 1.35. The lowest BCUT2D eigenvalue weighted by molar-refractivity contribution is -0.120. The van der Waals surface area contributed by atoms with Crippen molar-refractivity contribution in [2.45, 2.75) is 13.0 Å². The predicted octanol–water partition coefficient (Wildman–Crippen LogP) is 1.68. The summed E-state index contributed by atoms with van der Waals surface area (Å²) < 4.78 is 13.5. The van der Waals surface area contributed by atoms with E-state index in [9.17, 15) is 9.18 Å². The third-order valence-corrected chi connectivity index (χ3v) is 3.43. The van der Waals surface area contributed by atoms with Crippen molar-refractivity contribution in [3.63, 3.8) is 0 Å². The van der Waals surface area contributed by atoms with E-state index >= 15 is 0 Å². The number of nitrogens with zero attached hydrogens (tertiary/aromatic N) is 3. The number of aromatic nitrogens is 3. The van der Waals surface area contributed by atoms with Crippen LogP contribution in [0.25, 0.3) is 10.6 Å². The van der Waals surface area contributed by atoms with Gasteiger partial charge < -0.3 is 5.32 Å². The smallest absolute Gasteiger partial charge is 0.221 e. The Hall–Kier alpha value is -1.54. The first-order chi connectivity index (χ1) is 9.20. The fourth-order valence-corrected chi connectivity index (χ4v) is 2.36. The van der Waals surface area contributed by atoms with E-state index in [1.165, 1.54) is 17.5 Å². The second kappa shape index (κ2) is 6.58. The highest BCUT2D eigenvalue weighted by Crippen LogP contribution is 2.25. The van der Waals surface area contributed by atoms with Crippen molar-refractivity contribution in [1.29, 1.82) is 0 Å². The van der Waals surface area contributed by atoms with Crippen LogP contribution in [0.3, 0.4) is 0 Å². The van der Waals surface area contributed by atoms with Crippen LogP contribution >= 0.6 is 24.0 Å². The second-order valence-electron chi connectivity index (χ2n) is 3.61. The number of thiol groups is 1. The Labute approximate surface area is 118 Å². The maximum Gasteiger partial charge on any atom is 0.221 e. The molecule has 0 bridgehead atoms. The van der Waals surface area contributed by atoms with Crippen LogP contribution < -0.4 is 5.32 Å². The topological polar surface area (TPSA) is 67.8 Å². The SMILES string of the molecule is O=C(CCS)NCc1nnc(-c2ccncc2F)s1. The molecule has 0 atom stereocenters. The average Bonchev–Trinajstić information content (AvgIpc) is 2.86. The van der Waals surface area contributed by atoms with Gasteiger partial charge in [0.15, 0.2) is 10.8 Å². The monoisotopic (exact) mass is 298 g/mol. The molecule has 5 nitrogen and oxygen atoms in total. The molecule has 100 valence electrons. The number of pyridine rings is 1. The van der Waals surface area contributed by atoms with Crippen molar-refractivity contribution < 1.29 is 9.18 Å². The third-order valence-electron chi connectivity index (χ3n) is 2.25. The highest BCUT2D eigenvalue weighted by Gasteiger charge is 2.11. The van der Waals surface area contributed by atoms with Crippen molar-refractivity contribution in [3.8, 4) is 10.6 Å². The molecule has 0 saturated heterocycles. The molecule has 2 heterocycles. The minimum Gasteiger partial charge on any atom is -0.349 e. The van der Waals surface area contributed by atoms with Crippen LogP contribution in [0.4, 0.5) is 4.39 Å². The lowest BCUT2D eigenvalue weighted by atomic mass is 10.3. The molecule has 0 aliphatic rings. The molecule has 0 aromatic carbocycles. The van der Waals surface area contributed by atoms with Crippen LogP contribution in [-0.2, 0) is 11.3 Å². The van der Waals surface area contributed by atoms with E-state index in [0.717, 1.165) is 6.20 Å². The molecule has 8 heteroatoms. The van der Waals surface area contributed by atoms with E-state index in [4.69, 9.17) is 0 Å². The molecule has 1 amide bonds. The minimum atomic E-state index is -0.440. The molecule has 0 unspecified atom stereocenters. The Morgan fingerprint density at radius 3 is 3.05 bits per heavy atom. The van der Waals surface area contributed by atoms with Crippen molar-refractivity contribution in [3.05, 3.63) is 29.3 Å². The van der Waals surface area contributed by atoms with Gasteiger partial charge in [-0.3, -0.25) is 9.78 Å². The van der Waals surface area contributed by atoms with Crippen LogP contribution in [0, 0.1) is 5.82 Å². The molecule has 1 N–H and O–H groups in total. The molecule has 0 aliphatic carbocycles. The molecule has 0 spiro atoms. The van der Waals surface area contributed by atoms with Crippen LogP contribution in [-0.4, -0.2) is 26.8 Å². The second-order valence-corrected chi connectivity index (χ2v) is 5.12. The first kappa shape index (κ1) is 13.9. The Morgan fingerprint density at radius 2 is 2.32 bits per heavy atom. The summed E-state index contributed by atoms with van der Waals surface area (Å²) in [5.74, 6) is -0.0405. The van der Waals surface area contributed by atoms with Gasteiger partial charge >= 0.3 is 0 Å². The molecule has 2 aromatic rings. The Kier molecular flexibility index (Phi) is 4.80. The maximum absolute atomic E-state index is 13.5. The molecule has 19 heavy (non-hydrogen) atoms. The van der Waals surface area contributed by atoms with Crippen molar-refractivity contribution >= 4 is 29.9 Å². The van der Waals surface area contributed by atoms with E-state index < -0.39 is 5.82 Å². The van der Waals surface area contributed by atoms with Crippen molar-refractivity contribution in [2.24, 2.45) is 0 Å². The summed E-state index contributed by atoms with van der Waals surface area (Å²) in [4.78, 5) is 14.9. The lowest BCUT2D eigenvalue weighted by Gasteiger charge is -1.99. The first-order valence-corrected chi connectivity index (χ1v) is 6.95. The normalized spacial score (nSPS) is 10.4. The summed E-state index contributed by atoms with van der Waals surface area (Å²) in [6.07, 6.45) is 2.98. The Balaban J connectivity index is 2.04. The molecule has 2 rings (SSSR count). The number of hydrogen-bond donors (Lipinski definition) is 2. The van der Waals surface area contributed by atoms with E-state index in [0.29, 0.717) is 27.8 Å². The van der Waals surface area contributed by atoms with Crippen LogP contribution in [0.5, 0.6) is 0 Å². The van der Waals surface area contributed by atoms with Gasteiger partial charge in [0.1, 0.15) is 5.01 Å². The molecule has 0 saturated carbocycles. The van der Waals surface area contributed by atoms with E-state index in [1.807, 2.05) is 0 Å². The summed E-state index contributed by atoms with van der Waals surface area (Å²) in [7, 11) is 0. The first-order valence-electron chi connectivity index (χ1n) is 5.50. The zero-order valence-corrected chi connectivity index (χ0v) is 11.5. The van der Waals surface area contributed by atoms with Gasteiger partial charge in [-0.15, -0.1) is 10.2 Å². The largest absolute Gasteiger partial charge is 0.349 e. The Morgan fingerprint density at radius 1 is 1.47 bits per heavy atom. The number of halogens is 1. The summed E-state index contributed by atoms with van der Waals surface area (Å²) >= 11 is 5.21. The van der Waals surface area contributed by atoms with Gasteiger partial charge in [-0.2, -0.15) is 12.6 Å². The average molecular weight is 298 g/mol. The van der Waals surface area contributed by atoms with Gasteiger partial charge in [-0.1, -0.05) is 11.3 Å². The lowest BCUT2D eigenvalue weighted by Crippen LogP contribution is -2.22. The summed E-state index contributed by atoms with van der Waals surface area (Å²) in [6, 6.07) is 1.54. The van der Waals surface area contributed by atoms with Gasteiger partial charge in [0.05, 0.1) is 18.3 Å². The van der Waals surface area contributed by atoms with Gasteiger partial charge in [-0.25, -0.2) is 4.39 Å². The number of nitrogens with one attached hydrogen (secondary N) is 1. The van der Waals surface area contributed by atoms with Gasteiger partial charge in [0.2, 0.25) is 5.91 Å². The quantitative estimate of drug-likeness (QED) is 0.824. The molecular weight excluding hydrogens is 287 g/mol. The van der Waals surface area contributed by atoms with Crippen LogP contribution in [0.15, 0.2) is 18.5 Å². The van der Waals surface area contributed by atoms with Gasteiger partial charge in [0.25, 0.3) is 0 Å². The summed E-state index contributed by atoms with van der Waals surface area (Å²) in [5.41, 5.74) is 0.362. The number of amides is 1.